The SMILES string of the molecule is Cc1ncc(-c2ccc(F)cc2)c([C@H]2CCCN(C(=O)c3cc(C(C)C)[nH]n3)C2)n1. The fraction of sp³-hybridized carbons (Fsp3) is 0.391. The number of aryl methyl sites for hydroxylation is 1. The molecule has 1 saturated heterocycles. The molecule has 3 aromatic rings. The number of benzene rings is 1. The summed E-state index contributed by atoms with van der Waals surface area (Å²) in [5.41, 5.74) is 4.09. The van der Waals surface area contributed by atoms with Gasteiger partial charge in [-0.2, -0.15) is 5.10 Å². The van der Waals surface area contributed by atoms with Crippen molar-refractivity contribution in [3.63, 3.8) is 0 Å². The largest absolute Gasteiger partial charge is 0.337 e. The predicted octanol–water partition coefficient (Wildman–Crippen LogP) is 4.46. The van der Waals surface area contributed by atoms with Crippen LogP contribution in [0.2, 0.25) is 0 Å². The van der Waals surface area contributed by atoms with Gasteiger partial charge in [0.1, 0.15) is 17.3 Å². The molecule has 1 N–H and O–H groups in total. The molecule has 30 heavy (non-hydrogen) atoms. The molecule has 1 aliphatic heterocycles. The van der Waals surface area contributed by atoms with Gasteiger partial charge in [0, 0.05) is 36.5 Å². The molecule has 0 bridgehead atoms. The van der Waals surface area contributed by atoms with Crippen molar-refractivity contribution in [2.45, 2.75) is 45.4 Å². The number of aromatic amines is 1. The Labute approximate surface area is 175 Å². The van der Waals surface area contributed by atoms with Crippen molar-refractivity contribution >= 4 is 5.91 Å². The Morgan fingerprint density at radius 3 is 2.73 bits per heavy atom. The summed E-state index contributed by atoms with van der Waals surface area (Å²) >= 11 is 0. The van der Waals surface area contributed by atoms with Crippen molar-refractivity contribution in [2.24, 2.45) is 0 Å². The van der Waals surface area contributed by atoms with E-state index in [1.165, 1.54) is 12.1 Å². The lowest BCUT2D eigenvalue weighted by atomic mass is 9.89. The number of H-pyrrole nitrogens is 1. The second kappa shape index (κ2) is 8.34. The van der Waals surface area contributed by atoms with Crippen LogP contribution in [-0.2, 0) is 0 Å². The van der Waals surface area contributed by atoms with Crippen LogP contribution >= 0.6 is 0 Å². The molecular weight excluding hydrogens is 381 g/mol. The number of rotatable bonds is 4. The molecule has 1 fully saturated rings. The molecular formula is C23H26FN5O. The van der Waals surface area contributed by atoms with Crippen molar-refractivity contribution < 1.29 is 9.18 Å². The Kier molecular flexibility index (Phi) is 5.61. The minimum absolute atomic E-state index is 0.0584. The van der Waals surface area contributed by atoms with Gasteiger partial charge in [-0.15, -0.1) is 0 Å². The number of aromatic nitrogens is 4. The zero-order chi connectivity index (χ0) is 21.3. The summed E-state index contributed by atoms with van der Waals surface area (Å²) in [6, 6.07) is 8.22. The summed E-state index contributed by atoms with van der Waals surface area (Å²) < 4.78 is 13.4. The standard InChI is InChI=1S/C23H26FN5O/c1-14(2)20-11-21(28-27-20)23(30)29-10-4-5-17(13-29)22-19(12-25-15(3)26-22)16-6-8-18(24)9-7-16/h6-9,11-12,14,17H,4-5,10,13H2,1-3H3,(H,27,28)/t17-/m0/s1. The van der Waals surface area contributed by atoms with Crippen LogP contribution in [0.25, 0.3) is 11.1 Å². The quantitative estimate of drug-likeness (QED) is 0.693. The zero-order valence-electron chi connectivity index (χ0n) is 17.5. The smallest absolute Gasteiger partial charge is 0.274 e. The van der Waals surface area contributed by atoms with E-state index in [2.05, 4.69) is 29.0 Å². The van der Waals surface area contributed by atoms with Crippen LogP contribution in [0, 0.1) is 12.7 Å². The van der Waals surface area contributed by atoms with Gasteiger partial charge in [-0.25, -0.2) is 14.4 Å². The van der Waals surface area contributed by atoms with Gasteiger partial charge in [-0.3, -0.25) is 9.89 Å². The first-order chi connectivity index (χ1) is 14.4. The Hall–Kier alpha value is -3.09. The molecule has 7 heteroatoms. The fourth-order valence-electron chi connectivity index (χ4n) is 3.94. The first-order valence-corrected chi connectivity index (χ1v) is 10.4. The highest BCUT2D eigenvalue weighted by Gasteiger charge is 2.29. The average Bonchev–Trinajstić information content (AvgIpc) is 3.25. The highest BCUT2D eigenvalue weighted by atomic mass is 19.1. The molecule has 0 unspecified atom stereocenters. The van der Waals surface area contributed by atoms with Crippen molar-refractivity contribution in [3.8, 4) is 11.1 Å². The van der Waals surface area contributed by atoms with Gasteiger partial charge in [0.25, 0.3) is 5.91 Å². The number of hydrogen-bond donors (Lipinski definition) is 1. The molecule has 6 nitrogen and oxygen atoms in total. The number of hydrogen-bond acceptors (Lipinski definition) is 4. The van der Waals surface area contributed by atoms with Crippen LogP contribution in [-0.4, -0.2) is 44.1 Å². The van der Waals surface area contributed by atoms with E-state index >= 15 is 0 Å². The van der Waals surface area contributed by atoms with E-state index in [-0.39, 0.29) is 23.6 Å². The summed E-state index contributed by atoms with van der Waals surface area (Å²) in [5, 5.41) is 7.18. The minimum Gasteiger partial charge on any atom is -0.337 e. The number of halogens is 1. The first kappa shape index (κ1) is 20.2. The molecule has 3 heterocycles. The third-order valence-electron chi connectivity index (χ3n) is 5.63. The van der Waals surface area contributed by atoms with Crippen molar-refractivity contribution in [1.82, 2.24) is 25.1 Å². The summed E-state index contributed by atoms with van der Waals surface area (Å²) in [7, 11) is 0. The second-order valence-corrected chi connectivity index (χ2v) is 8.18. The topological polar surface area (TPSA) is 74.8 Å². The molecule has 156 valence electrons. The minimum atomic E-state index is -0.275. The molecule has 1 atom stereocenters. The third-order valence-corrected chi connectivity index (χ3v) is 5.63. The second-order valence-electron chi connectivity index (χ2n) is 8.18. The number of nitrogens with one attached hydrogen (secondary N) is 1. The lowest BCUT2D eigenvalue weighted by Gasteiger charge is -2.33. The van der Waals surface area contributed by atoms with E-state index in [0.717, 1.165) is 35.4 Å². The fourth-order valence-corrected chi connectivity index (χ4v) is 3.94. The Morgan fingerprint density at radius 2 is 2.03 bits per heavy atom. The van der Waals surface area contributed by atoms with E-state index in [1.54, 1.807) is 18.3 Å². The Balaban J connectivity index is 1.60. The maximum absolute atomic E-state index is 13.4. The van der Waals surface area contributed by atoms with Crippen molar-refractivity contribution in [2.75, 3.05) is 13.1 Å². The van der Waals surface area contributed by atoms with Gasteiger partial charge < -0.3 is 4.90 Å². The molecule has 1 aliphatic rings. The van der Waals surface area contributed by atoms with Gasteiger partial charge in [0.05, 0.1) is 5.69 Å². The molecule has 0 saturated carbocycles. The van der Waals surface area contributed by atoms with Crippen LogP contribution in [0.4, 0.5) is 4.39 Å². The highest BCUT2D eigenvalue weighted by molar-refractivity contribution is 5.92. The van der Waals surface area contributed by atoms with Gasteiger partial charge in [-0.1, -0.05) is 26.0 Å². The van der Waals surface area contributed by atoms with E-state index in [4.69, 9.17) is 4.98 Å². The molecule has 0 aliphatic carbocycles. The maximum atomic E-state index is 13.4. The average molecular weight is 407 g/mol. The van der Waals surface area contributed by atoms with Crippen LogP contribution in [0.5, 0.6) is 0 Å². The molecule has 1 aromatic carbocycles. The van der Waals surface area contributed by atoms with Gasteiger partial charge in [0.15, 0.2) is 0 Å². The number of nitrogens with zero attached hydrogens (tertiary/aromatic N) is 4. The highest BCUT2D eigenvalue weighted by Crippen LogP contribution is 2.33. The van der Waals surface area contributed by atoms with E-state index in [9.17, 15) is 9.18 Å². The molecule has 2 aromatic heterocycles. The third kappa shape index (κ3) is 4.10. The number of carbonyl (C=O) groups is 1. The molecule has 0 radical (unpaired) electrons. The molecule has 4 rings (SSSR count). The lowest BCUT2D eigenvalue weighted by Crippen LogP contribution is -2.39. The van der Waals surface area contributed by atoms with Gasteiger partial charge in [0.2, 0.25) is 0 Å². The number of amides is 1. The maximum Gasteiger partial charge on any atom is 0.274 e. The lowest BCUT2D eigenvalue weighted by molar-refractivity contribution is 0.0700. The Bertz CT molecular complexity index is 1040. The van der Waals surface area contributed by atoms with Gasteiger partial charge in [-0.05, 0) is 49.4 Å². The van der Waals surface area contributed by atoms with Crippen molar-refractivity contribution in [1.29, 1.82) is 0 Å². The normalized spacial score (nSPS) is 16.8. The van der Waals surface area contributed by atoms with E-state index in [1.807, 2.05) is 17.9 Å². The monoisotopic (exact) mass is 407 g/mol. The van der Waals surface area contributed by atoms with E-state index < -0.39 is 0 Å². The summed E-state index contributed by atoms with van der Waals surface area (Å²) in [4.78, 5) is 24.0. The summed E-state index contributed by atoms with van der Waals surface area (Å²) in [5.74, 6) is 0.732. The summed E-state index contributed by atoms with van der Waals surface area (Å²) in [6.07, 6.45) is 3.63. The number of likely N-dealkylation sites (tertiary alicyclic amines) is 1. The van der Waals surface area contributed by atoms with Crippen LogP contribution in [0.15, 0.2) is 36.5 Å². The van der Waals surface area contributed by atoms with Gasteiger partial charge >= 0.3 is 0 Å². The van der Waals surface area contributed by atoms with Crippen LogP contribution in [0.1, 0.15) is 66.2 Å². The zero-order valence-corrected chi connectivity index (χ0v) is 17.5. The van der Waals surface area contributed by atoms with Crippen molar-refractivity contribution in [3.05, 3.63) is 65.3 Å². The first-order valence-electron chi connectivity index (χ1n) is 10.4. The van der Waals surface area contributed by atoms with Crippen LogP contribution < -0.4 is 0 Å². The van der Waals surface area contributed by atoms with Crippen LogP contribution in [0.3, 0.4) is 0 Å². The van der Waals surface area contributed by atoms with E-state index in [0.29, 0.717) is 24.6 Å². The number of carbonyl (C=O) groups excluding carboxylic acids is 1. The molecule has 1 amide bonds. The predicted molar refractivity (Wildman–Crippen MR) is 113 cm³/mol. The Morgan fingerprint density at radius 1 is 1.27 bits per heavy atom. The number of piperidine rings is 1. The molecule has 0 spiro atoms. The summed E-state index contributed by atoms with van der Waals surface area (Å²) in [6.45, 7) is 7.27.